The Morgan fingerprint density at radius 3 is 2.88 bits per heavy atom. The van der Waals surface area contributed by atoms with Crippen LogP contribution in [0.15, 0.2) is 52.4 Å². The number of nitrogens with zero attached hydrogens (tertiary/aromatic N) is 1. The van der Waals surface area contributed by atoms with Gasteiger partial charge in [0.1, 0.15) is 13.2 Å². The van der Waals surface area contributed by atoms with Crippen LogP contribution < -0.4 is 14.8 Å². The van der Waals surface area contributed by atoms with E-state index >= 15 is 0 Å². The van der Waals surface area contributed by atoms with Crippen LogP contribution in [0.3, 0.4) is 0 Å². The second kappa shape index (κ2) is 6.64. The number of ether oxygens (including phenoxy) is 2. The Morgan fingerprint density at radius 1 is 1.16 bits per heavy atom. The topological polar surface area (TPSA) is 59.9 Å². The molecule has 126 valence electrons. The molecule has 2 aliphatic heterocycles. The molecule has 0 aromatic heterocycles. The number of benzene rings is 2. The molecule has 0 radical (unpaired) electrons. The number of hydrogen-bond donors (Lipinski definition) is 1. The van der Waals surface area contributed by atoms with Gasteiger partial charge < -0.3 is 14.8 Å². The van der Waals surface area contributed by atoms with E-state index < -0.39 is 0 Å². The van der Waals surface area contributed by atoms with Crippen LogP contribution in [-0.4, -0.2) is 24.3 Å². The van der Waals surface area contributed by atoms with Gasteiger partial charge in [-0.25, -0.2) is 4.99 Å². The highest BCUT2D eigenvalue weighted by molar-refractivity contribution is 8.18. The first-order valence-electron chi connectivity index (χ1n) is 7.94. The van der Waals surface area contributed by atoms with Crippen molar-refractivity contribution in [2.75, 3.05) is 13.2 Å². The molecule has 2 heterocycles. The fourth-order valence-electron chi connectivity index (χ4n) is 2.65. The maximum absolute atomic E-state index is 12.3. The SMILES string of the molecule is Cc1cccc(N=C2NC(=O)/C(=C/c3cccc4c3OCCO4)S2)c1. The van der Waals surface area contributed by atoms with Crippen molar-refractivity contribution in [3.05, 3.63) is 58.5 Å². The lowest BCUT2D eigenvalue weighted by molar-refractivity contribution is -0.115. The van der Waals surface area contributed by atoms with Crippen molar-refractivity contribution in [2.24, 2.45) is 4.99 Å². The molecule has 1 amide bonds. The summed E-state index contributed by atoms with van der Waals surface area (Å²) in [5.74, 6) is 1.22. The number of amides is 1. The minimum absolute atomic E-state index is 0.161. The van der Waals surface area contributed by atoms with E-state index in [0.29, 0.717) is 34.8 Å². The Morgan fingerprint density at radius 2 is 2.00 bits per heavy atom. The Kier molecular flexibility index (Phi) is 4.19. The molecule has 25 heavy (non-hydrogen) atoms. The number of carbonyl (C=O) groups is 1. The van der Waals surface area contributed by atoms with Crippen LogP contribution >= 0.6 is 11.8 Å². The molecule has 1 fully saturated rings. The highest BCUT2D eigenvalue weighted by Gasteiger charge is 2.25. The maximum atomic E-state index is 12.3. The standard InChI is InChI=1S/C19H16N2O3S/c1-12-4-2-6-14(10-12)20-19-21-18(22)16(25-19)11-13-5-3-7-15-17(13)24-9-8-23-15/h2-7,10-11H,8-9H2,1H3,(H,20,21,22)/b16-11-. The van der Waals surface area contributed by atoms with Crippen molar-refractivity contribution in [1.29, 1.82) is 0 Å². The first-order chi connectivity index (χ1) is 12.2. The third-order valence-corrected chi connectivity index (χ3v) is 4.68. The third-order valence-electron chi connectivity index (χ3n) is 3.77. The molecule has 0 unspecified atom stereocenters. The molecular weight excluding hydrogens is 336 g/mol. The van der Waals surface area contributed by atoms with Gasteiger partial charge in [0.2, 0.25) is 0 Å². The van der Waals surface area contributed by atoms with Gasteiger partial charge in [-0.2, -0.15) is 0 Å². The predicted octanol–water partition coefficient (Wildman–Crippen LogP) is 3.66. The average molecular weight is 352 g/mol. The normalized spacial score (nSPS) is 19.3. The monoisotopic (exact) mass is 352 g/mol. The lowest BCUT2D eigenvalue weighted by Gasteiger charge is -2.19. The van der Waals surface area contributed by atoms with Gasteiger partial charge in [-0.15, -0.1) is 0 Å². The Labute approximate surface area is 149 Å². The van der Waals surface area contributed by atoms with Gasteiger partial charge in [0.05, 0.1) is 10.6 Å². The summed E-state index contributed by atoms with van der Waals surface area (Å²) in [6, 6.07) is 13.5. The van der Waals surface area contributed by atoms with Gasteiger partial charge in [-0.05, 0) is 48.5 Å². The second-order valence-corrected chi connectivity index (χ2v) is 6.72. The van der Waals surface area contributed by atoms with Crippen LogP contribution in [0.25, 0.3) is 6.08 Å². The molecule has 0 aliphatic carbocycles. The van der Waals surface area contributed by atoms with E-state index in [-0.39, 0.29) is 5.91 Å². The molecule has 0 spiro atoms. The van der Waals surface area contributed by atoms with Gasteiger partial charge in [-0.1, -0.05) is 24.3 Å². The summed E-state index contributed by atoms with van der Waals surface area (Å²) in [7, 11) is 0. The molecule has 2 aromatic carbocycles. The summed E-state index contributed by atoms with van der Waals surface area (Å²) in [6.07, 6.45) is 1.81. The Bertz CT molecular complexity index is 905. The van der Waals surface area contributed by atoms with Crippen LogP contribution in [0.4, 0.5) is 5.69 Å². The summed E-state index contributed by atoms with van der Waals surface area (Å²) in [5.41, 5.74) is 2.77. The Balaban J connectivity index is 1.62. The van der Waals surface area contributed by atoms with Gasteiger partial charge in [0.25, 0.3) is 5.91 Å². The van der Waals surface area contributed by atoms with E-state index in [1.54, 1.807) is 0 Å². The largest absolute Gasteiger partial charge is 0.486 e. The average Bonchev–Trinajstić information content (AvgIpc) is 2.94. The van der Waals surface area contributed by atoms with Crippen molar-refractivity contribution in [3.63, 3.8) is 0 Å². The Hall–Kier alpha value is -2.73. The molecule has 6 heteroatoms. The van der Waals surface area contributed by atoms with Crippen LogP contribution in [0, 0.1) is 6.92 Å². The maximum Gasteiger partial charge on any atom is 0.264 e. The number of nitrogens with one attached hydrogen (secondary N) is 1. The number of fused-ring (bicyclic) bond motifs is 1. The minimum atomic E-state index is -0.161. The van der Waals surface area contributed by atoms with Gasteiger partial charge in [0.15, 0.2) is 16.7 Å². The molecule has 2 aromatic rings. The minimum Gasteiger partial charge on any atom is -0.486 e. The summed E-state index contributed by atoms with van der Waals surface area (Å²) in [6.45, 7) is 3.05. The second-order valence-electron chi connectivity index (χ2n) is 5.69. The highest BCUT2D eigenvalue weighted by Crippen LogP contribution is 2.37. The van der Waals surface area contributed by atoms with Crippen molar-refractivity contribution >= 4 is 34.6 Å². The summed E-state index contributed by atoms with van der Waals surface area (Å²) >= 11 is 1.32. The summed E-state index contributed by atoms with van der Waals surface area (Å²) in [5, 5.41) is 3.38. The zero-order valence-electron chi connectivity index (χ0n) is 13.6. The molecule has 0 atom stereocenters. The lowest BCUT2D eigenvalue weighted by atomic mass is 10.1. The van der Waals surface area contributed by atoms with Crippen molar-refractivity contribution in [1.82, 2.24) is 5.32 Å². The lowest BCUT2D eigenvalue weighted by Crippen LogP contribution is -2.19. The van der Waals surface area contributed by atoms with Crippen LogP contribution in [-0.2, 0) is 4.79 Å². The van der Waals surface area contributed by atoms with Crippen LogP contribution in [0.1, 0.15) is 11.1 Å². The molecule has 1 saturated heterocycles. The van der Waals surface area contributed by atoms with Crippen molar-refractivity contribution in [3.8, 4) is 11.5 Å². The summed E-state index contributed by atoms with van der Waals surface area (Å²) < 4.78 is 11.3. The first-order valence-corrected chi connectivity index (χ1v) is 8.75. The quantitative estimate of drug-likeness (QED) is 0.838. The molecule has 0 bridgehead atoms. The number of thioether (sulfide) groups is 1. The van der Waals surface area contributed by atoms with Crippen LogP contribution in [0.2, 0.25) is 0 Å². The predicted molar refractivity (Wildman–Crippen MR) is 99.4 cm³/mol. The molecule has 4 rings (SSSR count). The van der Waals surface area contributed by atoms with E-state index in [0.717, 1.165) is 16.8 Å². The van der Waals surface area contributed by atoms with E-state index in [1.165, 1.54) is 11.8 Å². The van der Waals surface area contributed by atoms with E-state index in [2.05, 4.69) is 10.3 Å². The first kappa shape index (κ1) is 15.8. The van der Waals surface area contributed by atoms with E-state index in [4.69, 9.17) is 9.47 Å². The molecule has 2 aliphatic rings. The van der Waals surface area contributed by atoms with Gasteiger partial charge in [0, 0.05) is 5.56 Å². The number of carbonyl (C=O) groups excluding carboxylic acids is 1. The van der Waals surface area contributed by atoms with Crippen LogP contribution in [0.5, 0.6) is 11.5 Å². The number of hydrogen-bond acceptors (Lipinski definition) is 5. The molecule has 5 nitrogen and oxygen atoms in total. The number of para-hydroxylation sites is 1. The number of rotatable bonds is 2. The van der Waals surface area contributed by atoms with E-state index in [1.807, 2.05) is 55.5 Å². The zero-order chi connectivity index (χ0) is 17.2. The highest BCUT2D eigenvalue weighted by atomic mass is 32.2. The van der Waals surface area contributed by atoms with Crippen molar-refractivity contribution < 1.29 is 14.3 Å². The van der Waals surface area contributed by atoms with E-state index in [9.17, 15) is 4.79 Å². The fourth-order valence-corrected chi connectivity index (χ4v) is 3.48. The van der Waals surface area contributed by atoms with Crippen molar-refractivity contribution in [2.45, 2.75) is 6.92 Å². The number of aliphatic imine (C=N–C) groups is 1. The molecule has 1 N–H and O–H groups in total. The molecular formula is C19H16N2O3S. The van der Waals surface area contributed by atoms with Gasteiger partial charge >= 0.3 is 0 Å². The number of amidine groups is 1. The van der Waals surface area contributed by atoms with Gasteiger partial charge in [-0.3, -0.25) is 4.79 Å². The fraction of sp³-hybridized carbons (Fsp3) is 0.158. The smallest absolute Gasteiger partial charge is 0.264 e. The third kappa shape index (κ3) is 3.39. The molecule has 0 saturated carbocycles. The number of aryl methyl sites for hydroxylation is 1. The zero-order valence-corrected chi connectivity index (χ0v) is 14.4. The summed E-state index contributed by atoms with van der Waals surface area (Å²) in [4.78, 5) is 17.3.